The number of hydrogen-bond donors (Lipinski definition) is 1. The number of ether oxygens (including phenoxy) is 1. The molecule has 3 rings (SSSR count). The second kappa shape index (κ2) is 10.2. The Kier molecular flexibility index (Phi) is 7.64. The number of carbonyl (C=O) groups excluding carboxylic acids is 1. The number of nitrogens with one attached hydrogen (secondary N) is 1. The summed E-state index contributed by atoms with van der Waals surface area (Å²) in [6.07, 6.45) is 1.74. The van der Waals surface area contributed by atoms with E-state index in [9.17, 15) is 13.2 Å². The Bertz CT molecular complexity index is 934. The van der Waals surface area contributed by atoms with Gasteiger partial charge < -0.3 is 10.1 Å². The second-order valence-electron chi connectivity index (χ2n) is 7.60. The van der Waals surface area contributed by atoms with E-state index < -0.39 is 10.0 Å². The molecule has 30 heavy (non-hydrogen) atoms. The summed E-state index contributed by atoms with van der Waals surface area (Å²) in [5.41, 5.74) is 3.24. The van der Waals surface area contributed by atoms with Crippen LogP contribution in [-0.2, 0) is 26.0 Å². The highest BCUT2D eigenvalue weighted by atomic mass is 32.2. The Morgan fingerprint density at radius 1 is 1.07 bits per heavy atom. The van der Waals surface area contributed by atoms with Crippen molar-refractivity contribution < 1.29 is 17.9 Å². The van der Waals surface area contributed by atoms with Crippen LogP contribution < -0.4 is 5.32 Å². The summed E-state index contributed by atoms with van der Waals surface area (Å²) in [4.78, 5) is 12.7. The number of sulfonamides is 1. The van der Waals surface area contributed by atoms with Crippen molar-refractivity contribution in [1.82, 2.24) is 9.62 Å². The summed E-state index contributed by atoms with van der Waals surface area (Å²) in [6.45, 7) is 5.70. The summed E-state index contributed by atoms with van der Waals surface area (Å²) >= 11 is 0. The number of hydrogen-bond acceptors (Lipinski definition) is 4. The molecule has 1 amide bonds. The topological polar surface area (TPSA) is 75.7 Å². The van der Waals surface area contributed by atoms with Gasteiger partial charge in [-0.15, -0.1) is 0 Å². The highest BCUT2D eigenvalue weighted by Crippen LogP contribution is 2.19. The van der Waals surface area contributed by atoms with Crippen molar-refractivity contribution in [2.75, 3.05) is 26.3 Å². The molecule has 1 heterocycles. The average molecular weight is 431 g/mol. The van der Waals surface area contributed by atoms with E-state index in [1.807, 2.05) is 6.92 Å². The van der Waals surface area contributed by atoms with Crippen LogP contribution in [0.4, 0.5) is 0 Å². The first-order valence-corrected chi connectivity index (χ1v) is 11.9. The van der Waals surface area contributed by atoms with Crippen molar-refractivity contribution in [3.8, 4) is 0 Å². The first-order chi connectivity index (χ1) is 14.4. The van der Waals surface area contributed by atoms with E-state index in [0.717, 1.165) is 17.5 Å². The van der Waals surface area contributed by atoms with E-state index >= 15 is 0 Å². The fourth-order valence-electron chi connectivity index (χ4n) is 3.51. The van der Waals surface area contributed by atoms with Gasteiger partial charge in [-0.2, -0.15) is 4.31 Å². The normalized spacial score (nSPS) is 16.2. The maximum absolute atomic E-state index is 12.7. The van der Waals surface area contributed by atoms with E-state index in [0.29, 0.717) is 39.1 Å². The van der Waals surface area contributed by atoms with Gasteiger partial charge >= 0.3 is 0 Å². The minimum atomic E-state index is -3.49. The minimum Gasteiger partial charge on any atom is -0.379 e. The van der Waals surface area contributed by atoms with E-state index in [2.05, 4.69) is 36.5 Å². The first kappa shape index (κ1) is 22.5. The molecule has 6 nitrogen and oxygen atoms in total. The molecule has 7 heteroatoms. The van der Waals surface area contributed by atoms with Gasteiger partial charge in [-0.25, -0.2) is 8.42 Å². The molecule has 0 spiro atoms. The van der Waals surface area contributed by atoms with Crippen LogP contribution >= 0.6 is 0 Å². The molecule has 1 fully saturated rings. The fourth-order valence-corrected chi connectivity index (χ4v) is 4.92. The molecule has 0 aromatic heterocycles. The van der Waals surface area contributed by atoms with Crippen LogP contribution in [-0.4, -0.2) is 44.9 Å². The third kappa shape index (κ3) is 5.68. The maximum atomic E-state index is 12.7. The van der Waals surface area contributed by atoms with Crippen molar-refractivity contribution in [2.45, 2.75) is 44.0 Å². The van der Waals surface area contributed by atoms with Gasteiger partial charge in [0.15, 0.2) is 0 Å². The monoisotopic (exact) mass is 430 g/mol. The van der Waals surface area contributed by atoms with Gasteiger partial charge in [-0.3, -0.25) is 4.79 Å². The van der Waals surface area contributed by atoms with Gasteiger partial charge in [-0.05, 0) is 43.0 Å². The van der Waals surface area contributed by atoms with Gasteiger partial charge in [0, 0.05) is 19.5 Å². The number of aryl methyl sites for hydroxylation is 2. The second-order valence-corrected chi connectivity index (χ2v) is 9.54. The van der Waals surface area contributed by atoms with Gasteiger partial charge in [0.05, 0.1) is 24.2 Å². The maximum Gasteiger partial charge on any atom is 0.243 e. The predicted octanol–water partition coefficient (Wildman–Crippen LogP) is 3.22. The third-order valence-corrected chi connectivity index (χ3v) is 7.31. The molecule has 0 saturated carbocycles. The van der Waals surface area contributed by atoms with E-state index in [1.54, 1.807) is 24.3 Å². The molecule has 2 aromatic rings. The summed E-state index contributed by atoms with van der Waals surface area (Å²) in [7, 11) is -3.49. The summed E-state index contributed by atoms with van der Waals surface area (Å²) in [6, 6.07) is 15.0. The standard InChI is InChI=1S/C23H30N2O4S/c1-3-22(20-9-4-18(2)5-10-20)24-23(26)13-8-19-6-11-21(12-7-19)30(27,28)25-14-16-29-17-15-25/h4-7,9-12,22H,3,8,13-17H2,1-2H3,(H,24,26). The van der Waals surface area contributed by atoms with Gasteiger partial charge in [0.1, 0.15) is 0 Å². The number of benzene rings is 2. The highest BCUT2D eigenvalue weighted by molar-refractivity contribution is 7.89. The number of amides is 1. The van der Waals surface area contributed by atoms with Gasteiger partial charge in [0.2, 0.25) is 15.9 Å². The van der Waals surface area contributed by atoms with Crippen LogP contribution in [0.3, 0.4) is 0 Å². The number of nitrogens with zero attached hydrogens (tertiary/aromatic N) is 1. The van der Waals surface area contributed by atoms with E-state index in [-0.39, 0.29) is 16.8 Å². The van der Waals surface area contributed by atoms with Crippen LogP contribution in [0.25, 0.3) is 0 Å². The SMILES string of the molecule is CCC(NC(=O)CCc1ccc(S(=O)(=O)N2CCOCC2)cc1)c1ccc(C)cc1. The molecular weight excluding hydrogens is 400 g/mol. The lowest BCUT2D eigenvalue weighted by Gasteiger charge is -2.26. The largest absolute Gasteiger partial charge is 0.379 e. The molecule has 1 aliphatic heterocycles. The van der Waals surface area contributed by atoms with Crippen molar-refractivity contribution in [3.05, 3.63) is 65.2 Å². The smallest absolute Gasteiger partial charge is 0.243 e. The quantitative estimate of drug-likeness (QED) is 0.698. The molecule has 2 aromatic carbocycles. The Balaban J connectivity index is 1.55. The predicted molar refractivity (Wildman–Crippen MR) is 117 cm³/mol. The Morgan fingerprint density at radius 3 is 2.30 bits per heavy atom. The zero-order valence-corrected chi connectivity index (χ0v) is 18.5. The van der Waals surface area contributed by atoms with Crippen molar-refractivity contribution in [3.63, 3.8) is 0 Å². The van der Waals surface area contributed by atoms with Crippen molar-refractivity contribution >= 4 is 15.9 Å². The molecule has 0 radical (unpaired) electrons. The minimum absolute atomic E-state index is 0.000795. The molecule has 1 aliphatic rings. The van der Waals surface area contributed by atoms with Crippen LogP contribution in [0.2, 0.25) is 0 Å². The molecule has 1 N–H and O–H groups in total. The van der Waals surface area contributed by atoms with Gasteiger partial charge in [-0.1, -0.05) is 48.9 Å². The first-order valence-electron chi connectivity index (χ1n) is 10.4. The Labute approximate surface area is 179 Å². The summed E-state index contributed by atoms with van der Waals surface area (Å²) in [5, 5.41) is 3.10. The van der Waals surface area contributed by atoms with E-state index in [4.69, 9.17) is 4.74 Å². The highest BCUT2D eigenvalue weighted by Gasteiger charge is 2.26. The fraction of sp³-hybridized carbons (Fsp3) is 0.435. The summed E-state index contributed by atoms with van der Waals surface area (Å²) < 4.78 is 32.0. The number of carbonyl (C=O) groups is 1. The van der Waals surface area contributed by atoms with Crippen molar-refractivity contribution in [2.24, 2.45) is 0 Å². The average Bonchev–Trinajstić information content (AvgIpc) is 2.77. The van der Waals surface area contributed by atoms with Gasteiger partial charge in [0.25, 0.3) is 0 Å². The number of morpholine rings is 1. The lowest BCUT2D eigenvalue weighted by Crippen LogP contribution is -2.40. The van der Waals surface area contributed by atoms with Crippen LogP contribution in [0.15, 0.2) is 53.4 Å². The third-order valence-electron chi connectivity index (χ3n) is 5.40. The molecule has 1 atom stereocenters. The lowest BCUT2D eigenvalue weighted by molar-refractivity contribution is -0.121. The zero-order chi connectivity index (χ0) is 21.6. The zero-order valence-electron chi connectivity index (χ0n) is 17.6. The summed E-state index contributed by atoms with van der Waals surface area (Å²) in [5.74, 6) is -0.00700. The van der Waals surface area contributed by atoms with Crippen LogP contribution in [0.5, 0.6) is 0 Å². The molecule has 162 valence electrons. The Hall–Kier alpha value is -2.22. The van der Waals surface area contributed by atoms with Crippen LogP contribution in [0, 0.1) is 6.92 Å². The number of rotatable bonds is 8. The molecule has 0 aliphatic carbocycles. The molecule has 0 bridgehead atoms. The lowest BCUT2D eigenvalue weighted by atomic mass is 10.0. The van der Waals surface area contributed by atoms with Crippen LogP contribution in [0.1, 0.15) is 42.5 Å². The van der Waals surface area contributed by atoms with Crippen molar-refractivity contribution in [1.29, 1.82) is 0 Å². The molecule has 1 saturated heterocycles. The molecular formula is C23H30N2O4S. The van der Waals surface area contributed by atoms with E-state index in [1.165, 1.54) is 9.87 Å². The molecule has 1 unspecified atom stereocenters. The Morgan fingerprint density at radius 2 is 1.70 bits per heavy atom.